The van der Waals surface area contributed by atoms with E-state index in [1.165, 1.54) is 18.3 Å². The zero-order valence-corrected chi connectivity index (χ0v) is 10.3. The summed E-state index contributed by atoms with van der Waals surface area (Å²) in [5, 5.41) is 16.9. The van der Waals surface area contributed by atoms with Crippen LogP contribution >= 0.6 is 0 Å². The van der Waals surface area contributed by atoms with Crippen molar-refractivity contribution in [1.82, 2.24) is 15.2 Å². The first kappa shape index (κ1) is 13.5. The van der Waals surface area contributed by atoms with Gasteiger partial charge < -0.3 is 10.4 Å². The molecule has 0 atom stereocenters. The van der Waals surface area contributed by atoms with Crippen LogP contribution in [0.5, 0.6) is 0 Å². The van der Waals surface area contributed by atoms with Crippen molar-refractivity contribution in [1.29, 1.82) is 0 Å². The van der Waals surface area contributed by atoms with E-state index >= 15 is 0 Å². The van der Waals surface area contributed by atoms with Crippen LogP contribution in [-0.2, 0) is 0 Å². The van der Waals surface area contributed by atoms with Crippen LogP contribution < -0.4 is 10.9 Å². The third-order valence-electron chi connectivity index (χ3n) is 2.23. The number of nitrogens with one attached hydrogen (secondary N) is 2. The molecular weight excluding hydrogens is 260 g/mol. The van der Waals surface area contributed by atoms with Crippen LogP contribution in [0.1, 0.15) is 16.1 Å². The van der Waals surface area contributed by atoms with Crippen LogP contribution in [0.25, 0.3) is 0 Å². The van der Waals surface area contributed by atoms with E-state index in [0.29, 0.717) is 11.4 Å². The molecule has 0 saturated carbocycles. The highest BCUT2D eigenvalue weighted by Gasteiger charge is 2.08. The predicted molar refractivity (Wildman–Crippen MR) is 71.0 cm³/mol. The van der Waals surface area contributed by atoms with Gasteiger partial charge in [-0.05, 0) is 18.2 Å². The van der Waals surface area contributed by atoms with Gasteiger partial charge >= 0.3 is 0 Å². The fraction of sp³-hybridized carbons (Fsp3) is 0.0769. The number of carbonyl (C=O) groups excluding carboxylic acids is 1. The van der Waals surface area contributed by atoms with Crippen molar-refractivity contribution >= 4 is 11.7 Å². The molecule has 2 aromatic heterocycles. The first-order valence-electron chi connectivity index (χ1n) is 5.62. The summed E-state index contributed by atoms with van der Waals surface area (Å²) in [5.74, 6) is 5.00. The number of nitrogens with zero attached hydrogens (tertiary/aromatic N) is 2. The van der Waals surface area contributed by atoms with Crippen molar-refractivity contribution in [3.63, 3.8) is 0 Å². The molecule has 0 unspecified atom stereocenters. The first-order chi connectivity index (χ1) is 9.69. The highest BCUT2D eigenvalue weighted by Crippen LogP contribution is 2.06. The molecule has 20 heavy (non-hydrogen) atoms. The average molecular weight is 270 g/mol. The van der Waals surface area contributed by atoms with Gasteiger partial charge in [-0.3, -0.25) is 9.59 Å². The number of anilines is 1. The van der Waals surface area contributed by atoms with Crippen molar-refractivity contribution in [2.45, 2.75) is 0 Å². The van der Waals surface area contributed by atoms with Gasteiger partial charge in [0, 0.05) is 17.8 Å². The Hall–Kier alpha value is -2.98. The number of hydrogen-bond acceptors (Lipinski definition) is 5. The lowest BCUT2D eigenvalue weighted by atomic mass is 10.2. The Kier molecular flexibility index (Phi) is 4.21. The van der Waals surface area contributed by atoms with Crippen molar-refractivity contribution in [2.75, 3.05) is 11.9 Å². The maximum Gasteiger partial charge on any atom is 0.277 e. The quantitative estimate of drug-likeness (QED) is 0.653. The zero-order chi connectivity index (χ0) is 14.4. The van der Waals surface area contributed by atoms with E-state index in [0.717, 1.165) is 0 Å². The maximum absolute atomic E-state index is 11.8. The lowest BCUT2D eigenvalue weighted by Crippen LogP contribution is -2.18. The number of pyridine rings is 1. The van der Waals surface area contributed by atoms with Gasteiger partial charge in [0.15, 0.2) is 0 Å². The summed E-state index contributed by atoms with van der Waals surface area (Å²) in [6.45, 7) is -0.245. The topological polar surface area (TPSA) is 108 Å². The van der Waals surface area contributed by atoms with E-state index in [9.17, 15) is 9.59 Å². The molecule has 0 aliphatic rings. The summed E-state index contributed by atoms with van der Waals surface area (Å²) in [7, 11) is 0. The lowest BCUT2D eigenvalue weighted by Gasteiger charge is -2.03. The first-order valence-corrected chi connectivity index (χ1v) is 5.62. The molecule has 2 aromatic rings. The Morgan fingerprint density at radius 1 is 1.40 bits per heavy atom. The standard InChI is InChI=1S/C13H10N4O3/c18-7-1-2-9-5-6-14-11(8-9)15-13(20)10-3-4-12(19)17-16-10/h3-6,8,18H,7H2,(H,17,19)(H,14,15,20). The molecule has 0 spiro atoms. The largest absolute Gasteiger partial charge is 0.384 e. The van der Waals surface area contributed by atoms with Crippen LogP contribution in [0.15, 0.2) is 35.3 Å². The Labute approximate surface area is 113 Å². The highest BCUT2D eigenvalue weighted by molar-refractivity contribution is 6.02. The smallest absolute Gasteiger partial charge is 0.277 e. The number of aromatic amines is 1. The molecule has 0 bridgehead atoms. The maximum atomic E-state index is 11.8. The van der Waals surface area contributed by atoms with E-state index in [2.05, 4.69) is 32.3 Å². The molecule has 3 N–H and O–H groups in total. The monoisotopic (exact) mass is 270 g/mol. The molecular formula is C13H10N4O3. The van der Waals surface area contributed by atoms with Crippen LogP contribution in [0.3, 0.4) is 0 Å². The van der Waals surface area contributed by atoms with E-state index in [1.807, 2.05) is 0 Å². The molecule has 100 valence electrons. The Morgan fingerprint density at radius 3 is 2.95 bits per heavy atom. The van der Waals surface area contributed by atoms with Gasteiger partial charge in [0.1, 0.15) is 18.1 Å². The molecule has 0 saturated heterocycles. The molecule has 7 nitrogen and oxygen atoms in total. The zero-order valence-electron chi connectivity index (χ0n) is 10.3. The molecule has 7 heteroatoms. The van der Waals surface area contributed by atoms with Gasteiger partial charge in [-0.2, -0.15) is 5.10 Å². The molecule has 0 aliphatic heterocycles. The third kappa shape index (κ3) is 3.51. The number of amides is 1. The number of H-pyrrole nitrogens is 1. The van der Waals surface area contributed by atoms with E-state index < -0.39 is 5.91 Å². The summed E-state index contributed by atoms with van der Waals surface area (Å²) in [6.07, 6.45) is 1.48. The van der Waals surface area contributed by atoms with E-state index in [4.69, 9.17) is 5.11 Å². The number of aliphatic hydroxyl groups is 1. The minimum atomic E-state index is -0.499. The van der Waals surface area contributed by atoms with Gasteiger partial charge in [0.25, 0.3) is 11.5 Å². The molecule has 2 heterocycles. The van der Waals surface area contributed by atoms with Crippen molar-refractivity contribution in [3.05, 3.63) is 52.1 Å². The SMILES string of the molecule is O=C(Nc1cc(C#CCO)ccn1)c1ccc(=O)[nH]n1. The minimum Gasteiger partial charge on any atom is -0.384 e. The Bertz CT molecular complexity index is 723. The summed E-state index contributed by atoms with van der Waals surface area (Å²) in [5.41, 5.74) is 0.290. The van der Waals surface area contributed by atoms with Gasteiger partial charge in [0.05, 0.1) is 0 Å². The summed E-state index contributed by atoms with van der Waals surface area (Å²) in [6, 6.07) is 5.73. The second-order valence-electron chi connectivity index (χ2n) is 3.65. The van der Waals surface area contributed by atoms with Crippen molar-refractivity contribution in [2.24, 2.45) is 0 Å². The number of aliphatic hydroxyl groups excluding tert-OH is 1. The van der Waals surface area contributed by atoms with Gasteiger partial charge in [0.2, 0.25) is 0 Å². The average Bonchev–Trinajstić information content (AvgIpc) is 2.46. The Balaban J connectivity index is 2.15. The number of aromatic nitrogens is 3. The van der Waals surface area contributed by atoms with Crippen molar-refractivity contribution in [3.8, 4) is 11.8 Å². The van der Waals surface area contributed by atoms with Crippen molar-refractivity contribution < 1.29 is 9.90 Å². The summed E-state index contributed by atoms with van der Waals surface area (Å²) < 4.78 is 0. The second kappa shape index (κ2) is 6.26. The normalized spacial score (nSPS) is 9.45. The minimum absolute atomic E-state index is 0.0678. The lowest BCUT2D eigenvalue weighted by molar-refractivity contribution is 0.102. The fourth-order valence-corrected chi connectivity index (χ4v) is 1.37. The molecule has 0 radical (unpaired) electrons. The van der Waals surface area contributed by atoms with E-state index in [1.54, 1.807) is 12.1 Å². The third-order valence-corrected chi connectivity index (χ3v) is 2.23. The number of hydrogen-bond donors (Lipinski definition) is 3. The second-order valence-corrected chi connectivity index (χ2v) is 3.65. The molecule has 0 fully saturated rings. The molecule has 2 rings (SSSR count). The van der Waals surface area contributed by atoms with Crippen LogP contribution in [0, 0.1) is 11.8 Å². The van der Waals surface area contributed by atoms with E-state index in [-0.39, 0.29) is 17.9 Å². The van der Waals surface area contributed by atoms with Crippen LogP contribution in [0.4, 0.5) is 5.82 Å². The summed E-state index contributed by atoms with van der Waals surface area (Å²) >= 11 is 0. The molecule has 1 amide bonds. The van der Waals surface area contributed by atoms with Gasteiger partial charge in [-0.1, -0.05) is 11.8 Å². The number of rotatable bonds is 2. The van der Waals surface area contributed by atoms with Crippen LogP contribution in [0.2, 0.25) is 0 Å². The van der Waals surface area contributed by atoms with Gasteiger partial charge in [-0.15, -0.1) is 0 Å². The number of carbonyl (C=O) groups is 1. The molecule has 0 aliphatic carbocycles. The fourth-order valence-electron chi connectivity index (χ4n) is 1.37. The van der Waals surface area contributed by atoms with Gasteiger partial charge in [-0.25, -0.2) is 10.1 Å². The predicted octanol–water partition coefficient (Wildman–Crippen LogP) is -0.239. The summed E-state index contributed by atoms with van der Waals surface area (Å²) in [4.78, 5) is 26.7. The van der Waals surface area contributed by atoms with Crippen LogP contribution in [-0.4, -0.2) is 32.8 Å². The Morgan fingerprint density at radius 2 is 2.25 bits per heavy atom. The highest BCUT2D eigenvalue weighted by atomic mass is 16.2. The molecule has 0 aromatic carbocycles.